The van der Waals surface area contributed by atoms with E-state index in [9.17, 15) is 18.3 Å². The SMILES string of the molecule is CCS(=O)(=O)N1C[C@@H]2CN(c3nnnn3-c3ccccc3)C[C@]2(C(=O)O)C1. The molecule has 0 spiro atoms. The Hall–Kier alpha value is -2.53. The van der Waals surface area contributed by atoms with Crippen molar-refractivity contribution in [3.8, 4) is 5.69 Å². The average molecular weight is 392 g/mol. The van der Waals surface area contributed by atoms with Crippen molar-refractivity contribution in [2.24, 2.45) is 11.3 Å². The number of carbonyl (C=O) groups is 1. The Kier molecular flexibility index (Phi) is 4.15. The van der Waals surface area contributed by atoms with Crippen LogP contribution in [0.1, 0.15) is 6.92 Å². The highest BCUT2D eigenvalue weighted by molar-refractivity contribution is 7.89. The normalized spacial score (nSPS) is 25.7. The van der Waals surface area contributed by atoms with Crippen LogP contribution in [0.3, 0.4) is 0 Å². The van der Waals surface area contributed by atoms with Gasteiger partial charge in [0, 0.05) is 32.1 Å². The summed E-state index contributed by atoms with van der Waals surface area (Å²) in [5.41, 5.74) is -0.385. The summed E-state index contributed by atoms with van der Waals surface area (Å²) in [6.07, 6.45) is 0. The lowest BCUT2D eigenvalue weighted by atomic mass is 9.81. The lowest BCUT2D eigenvalue weighted by Gasteiger charge is -2.25. The second-order valence-corrected chi connectivity index (χ2v) is 9.22. The molecule has 4 rings (SSSR count). The Bertz CT molecular complexity index is 962. The first-order valence-electron chi connectivity index (χ1n) is 8.67. The minimum Gasteiger partial charge on any atom is -0.481 e. The van der Waals surface area contributed by atoms with Gasteiger partial charge in [-0.1, -0.05) is 23.3 Å². The zero-order chi connectivity index (χ0) is 19.2. The number of hydrogen-bond donors (Lipinski definition) is 1. The van der Waals surface area contributed by atoms with Crippen molar-refractivity contribution >= 4 is 21.9 Å². The van der Waals surface area contributed by atoms with Crippen molar-refractivity contribution in [1.82, 2.24) is 24.5 Å². The van der Waals surface area contributed by atoms with Crippen LogP contribution in [-0.4, -0.2) is 75.9 Å². The van der Waals surface area contributed by atoms with Gasteiger partial charge in [-0.3, -0.25) is 4.79 Å². The molecule has 2 fully saturated rings. The maximum atomic E-state index is 12.2. The number of carboxylic acid groups (broad SMARTS) is 1. The van der Waals surface area contributed by atoms with Crippen molar-refractivity contribution in [3.63, 3.8) is 0 Å². The number of rotatable bonds is 5. The Morgan fingerprint density at radius 1 is 1.26 bits per heavy atom. The molecular formula is C16H20N6O4S. The maximum Gasteiger partial charge on any atom is 0.313 e. The van der Waals surface area contributed by atoms with Gasteiger partial charge in [0.1, 0.15) is 5.41 Å². The molecule has 1 N–H and O–H groups in total. The number of sulfonamides is 1. The van der Waals surface area contributed by atoms with Crippen molar-refractivity contribution in [2.75, 3.05) is 36.8 Å². The number of tetrazole rings is 1. The van der Waals surface area contributed by atoms with Crippen molar-refractivity contribution < 1.29 is 18.3 Å². The molecule has 2 saturated heterocycles. The van der Waals surface area contributed by atoms with E-state index in [0.29, 0.717) is 12.5 Å². The van der Waals surface area contributed by atoms with Crippen molar-refractivity contribution in [1.29, 1.82) is 0 Å². The van der Waals surface area contributed by atoms with Crippen molar-refractivity contribution in [3.05, 3.63) is 30.3 Å². The molecule has 0 radical (unpaired) electrons. The predicted octanol–water partition coefficient (Wildman–Crippen LogP) is -0.165. The molecule has 0 aliphatic carbocycles. The third kappa shape index (κ3) is 2.77. The quantitative estimate of drug-likeness (QED) is 0.745. The molecule has 1 aromatic carbocycles. The van der Waals surface area contributed by atoms with Crippen LogP contribution in [0.2, 0.25) is 0 Å². The number of carboxylic acids is 1. The topological polar surface area (TPSA) is 122 Å². The van der Waals surface area contributed by atoms with Crippen LogP contribution in [0.25, 0.3) is 5.69 Å². The Morgan fingerprint density at radius 2 is 2.00 bits per heavy atom. The van der Waals surface area contributed by atoms with E-state index in [-0.39, 0.29) is 31.3 Å². The Balaban J connectivity index is 1.65. The van der Waals surface area contributed by atoms with Crippen LogP contribution < -0.4 is 4.90 Å². The fourth-order valence-electron chi connectivity index (χ4n) is 3.98. The summed E-state index contributed by atoms with van der Waals surface area (Å²) in [4.78, 5) is 14.0. The number of benzene rings is 1. The van der Waals surface area contributed by atoms with Gasteiger partial charge < -0.3 is 10.0 Å². The molecule has 0 amide bonds. The zero-order valence-electron chi connectivity index (χ0n) is 14.8. The molecule has 11 heteroatoms. The second kappa shape index (κ2) is 6.27. The van der Waals surface area contributed by atoms with Crippen LogP contribution in [-0.2, 0) is 14.8 Å². The monoisotopic (exact) mass is 392 g/mol. The number of para-hydroxylation sites is 1. The summed E-state index contributed by atoms with van der Waals surface area (Å²) in [7, 11) is -3.43. The third-order valence-electron chi connectivity index (χ3n) is 5.50. The molecule has 27 heavy (non-hydrogen) atoms. The summed E-state index contributed by atoms with van der Waals surface area (Å²) in [5.74, 6) is -0.883. The fourth-order valence-corrected chi connectivity index (χ4v) is 5.18. The van der Waals surface area contributed by atoms with E-state index < -0.39 is 21.4 Å². The van der Waals surface area contributed by atoms with Gasteiger partial charge in [-0.25, -0.2) is 12.7 Å². The molecule has 144 valence electrons. The minimum absolute atomic E-state index is 0.0213. The minimum atomic E-state index is -3.43. The van der Waals surface area contributed by atoms with Gasteiger partial charge in [0.05, 0.1) is 11.4 Å². The molecule has 0 unspecified atom stereocenters. The summed E-state index contributed by atoms with van der Waals surface area (Å²) in [6.45, 7) is 2.29. The highest BCUT2D eigenvalue weighted by Gasteiger charge is 2.60. The van der Waals surface area contributed by atoms with E-state index in [0.717, 1.165) is 5.69 Å². The highest BCUT2D eigenvalue weighted by Crippen LogP contribution is 2.44. The van der Waals surface area contributed by atoms with Crippen LogP contribution in [0.4, 0.5) is 5.95 Å². The molecule has 2 aliphatic rings. The van der Waals surface area contributed by atoms with E-state index in [1.807, 2.05) is 35.2 Å². The van der Waals surface area contributed by atoms with E-state index in [4.69, 9.17) is 0 Å². The standard InChI is InChI=1S/C16H20N6O4S/c1-2-27(25,26)21-9-12-8-20(10-16(12,11-21)14(23)24)15-17-18-19-22(15)13-6-4-3-5-7-13/h3-7,12H,2,8-11H2,1H3,(H,23,24)/t12-,16-/m0/s1. The first-order valence-corrected chi connectivity index (χ1v) is 10.3. The molecule has 1 aromatic heterocycles. The van der Waals surface area contributed by atoms with E-state index >= 15 is 0 Å². The molecule has 2 atom stereocenters. The maximum absolute atomic E-state index is 12.2. The van der Waals surface area contributed by atoms with E-state index in [1.165, 1.54) is 4.31 Å². The Labute approximate surface area is 156 Å². The number of anilines is 1. The predicted molar refractivity (Wildman–Crippen MR) is 96.0 cm³/mol. The fraction of sp³-hybridized carbons (Fsp3) is 0.500. The molecule has 0 bridgehead atoms. The van der Waals surface area contributed by atoms with Gasteiger partial charge in [-0.2, -0.15) is 4.68 Å². The molecule has 0 saturated carbocycles. The number of fused-ring (bicyclic) bond motifs is 1. The van der Waals surface area contributed by atoms with Crippen LogP contribution >= 0.6 is 0 Å². The lowest BCUT2D eigenvalue weighted by molar-refractivity contribution is -0.148. The number of nitrogens with zero attached hydrogens (tertiary/aromatic N) is 6. The lowest BCUT2D eigenvalue weighted by Crippen LogP contribution is -2.42. The third-order valence-corrected chi connectivity index (χ3v) is 7.29. The van der Waals surface area contributed by atoms with Gasteiger partial charge in [-0.05, 0) is 29.5 Å². The number of hydrogen-bond acceptors (Lipinski definition) is 7. The highest BCUT2D eigenvalue weighted by atomic mass is 32.2. The number of aliphatic carboxylic acids is 1. The first-order chi connectivity index (χ1) is 12.9. The van der Waals surface area contributed by atoms with Gasteiger partial charge in [0.25, 0.3) is 0 Å². The summed E-state index contributed by atoms with van der Waals surface area (Å²) < 4.78 is 27.3. The second-order valence-electron chi connectivity index (χ2n) is 6.96. The van der Waals surface area contributed by atoms with E-state index in [1.54, 1.807) is 11.6 Å². The van der Waals surface area contributed by atoms with E-state index in [2.05, 4.69) is 15.5 Å². The zero-order valence-corrected chi connectivity index (χ0v) is 15.6. The average Bonchev–Trinajstić information content (AvgIpc) is 3.34. The van der Waals surface area contributed by atoms with Crippen LogP contribution in [0.5, 0.6) is 0 Å². The smallest absolute Gasteiger partial charge is 0.313 e. The molecule has 3 heterocycles. The molecule has 2 aromatic rings. The first kappa shape index (κ1) is 17.9. The van der Waals surface area contributed by atoms with Gasteiger partial charge in [0.2, 0.25) is 16.0 Å². The Morgan fingerprint density at radius 3 is 2.63 bits per heavy atom. The van der Waals surface area contributed by atoms with Gasteiger partial charge in [-0.15, -0.1) is 0 Å². The van der Waals surface area contributed by atoms with Crippen molar-refractivity contribution in [2.45, 2.75) is 6.92 Å². The summed E-state index contributed by atoms with van der Waals surface area (Å²) >= 11 is 0. The van der Waals surface area contributed by atoms with Gasteiger partial charge in [0.15, 0.2) is 0 Å². The summed E-state index contributed by atoms with van der Waals surface area (Å²) in [5, 5.41) is 21.8. The largest absolute Gasteiger partial charge is 0.481 e. The number of aromatic nitrogens is 4. The molecular weight excluding hydrogens is 372 g/mol. The summed E-state index contributed by atoms with van der Waals surface area (Å²) in [6, 6.07) is 9.34. The molecule has 10 nitrogen and oxygen atoms in total. The van der Waals surface area contributed by atoms with Crippen LogP contribution in [0, 0.1) is 11.3 Å². The molecule has 2 aliphatic heterocycles. The van der Waals surface area contributed by atoms with Gasteiger partial charge >= 0.3 is 5.97 Å². The van der Waals surface area contributed by atoms with Crippen LogP contribution in [0.15, 0.2) is 30.3 Å².